The molecular weight excluding hydrogens is 533 g/mol. The minimum Gasteiger partial charge on any atom is -0.484 e. The first-order valence-corrected chi connectivity index (χ1v) is 21.0. The standard InChI is InChI=1S/C32H42N2O4Si2/c1-39(2,3)21-19-25-7-15-29(16-8-25)37-23-31(35)33-27-11-13-28(14-12-27)34-32(36)24-38-30-17-9-26(10-18-30)20-22-40(4,5)6/h7-10,15-18,27-28H,11-14,23-24H2,1-6H3,(H,33,35)(H,34,36)/t27-,28-. The molecule has 0 unspecified atom stereocenters. The highest BCUT2D eigenvalue weighted by atomic mass is 28.3. The first-order chi connectivity index (χ1) is 18.8. The molecule has 40 heavy (non-hydrogen) atoms. The van der Waals surface area contributed by atoms with Crippen molar-refractivity contribution in [3.05, 3.63) is 59.7 Å². The predicted octanol–water partition coefficient (Wildman–Crippen LogP) is 5.15. The molecule has 2 aromatic carbocycles. The highest BCUT2D eigenvalue weighted by Crippen LogP contribution is 2.19. The summed E-state index contributed by atoms with van der Waals surface area (Å²) in [7, 11) is -2.83. The SMILES string of the molecule is C[Si](C)(C)C#Cc1ccc(OCC(=O)N[C@H]2CC[C@H](NC(=O)COc3ccc(C#C[Si](C)(C)C)cc3)CC2)cc1. The van der Waals surface area contributed by atoms with E-state index in [0.29, 0.717) is 11.5 Å². The molecule has 1 aliphatic rings. The topological polar surface area (TPSA) is 76.7 Å². The molecule has 6 nitrogen and oxygen atoms in total. The summed E-state index contributed by atoms with van der Waals surface area (Å²) in [6.45, 7) is 13.2. The van der Waals surface area contributed by atoms with Crippen LogP contribution in [0.5, 0.6) is 11.5 Å². The molecule has 1 fully saturated rings. The van der Waals surface area contributed by atoms with Gasteiger partial charge in [-0.1, -0.05) is 51.1 Å². The van der Waals surface area contributed by atoms with E-state index < -0.39 is 16.1 Å². The Bertz CT molecular complexity index is 1160. The summed E-state index contributed by atoms with van der Waals surface area (Å²) in [5, 5.41) is 6.11. The smallest absolute Gasteiger partial charge is 0.258 e. The summed E-state index contributed by atoms with van der Waals surface area (Å²) < 4.78 is 11.3. The molecule has 0 bridgehead atoms. The maximum Gasteiger partial charge on any atom is 0.258 e. The molecule has 1 saturated carbocycles. The van der Waals surface area contributed by atoms with E-state index in [4.69, 9.17) is 9.47 Å². The average molecular weight is 575 g/mol. The van der Waals surface area contributed by atoms with Gasteiger partial charge in [-0.25, -0.2) is 0 Å². The molecule has 0 atom stereocenters. The van der Waals surface area contributed by atoms with Gasteiger partial charge in [-0.2, -0.15) is 0 Å². The number of carbonyl (C=O) groups excluding carboxylic acids is 2. The van der Waals surface area contributed by atoms with Crippen molar-refractivity contribution in [3.63, 3.8) is 0 Å². The van der Waals surface area contributed by atoms with Crippen molar-refractivity contribution >= 4 is 28.0 Å². The van der Waals surface area contributed by atoms with E-state index >= 15 is 0 Å². The number of rotatable bonds is 8. The third kappa shape index (κ3) is 12.2. The van der Waals surface area contributed by atoms with Crippen molar-refractivity contribution in [2.45, 2.75) is 77.0 Å². The van der Waals surface area contributed by atoms with Gasteiger partial charge in [0.2, 0.25) is 0 Å². The molecule has 0 aliphatic heterocycles. The number of nitrogens with one attached hydrogen (secondary N) is 2. The van der Waals surface area contributed by atoms with Crippen LogP contribution < -0.4 is 20.1 Å². The highest BCUT2D eigenvalue weighted by Gasteiger charge is 2.24. The van der Waals surface area contributed by atoms with Crippen LogP contribution in [0.4, 0.5) is 0 Å². The number of amides is 2. The minimum absolute atomic E-state index is 0.0280. The van der Waals surface area contributed by atoms with Gasteiger partial charge in [0.1, 0.15) is 27.6 Å². The van der Waals surface area contributed by atoms with Crippen LogP contribution in [0.3, 0.4) is 0 Å². The van der Waals surface area contributed by atoms with Gasteiger partial charge in [0.25, 0.3) is 11.8 Å². The van der Waals surface area contributed by atoms with Crippen LogP contribution in [0.25, 0.3) is 0 Å². The Morgan fingerprint density at radius 2 is 0.975 bits per heavy atom. The van der Waals surface area contributed by atoms with Gasteiger partial charge in [0.05, 0.1) is 0 Å². The van der Waals surface area contributed by atoms with E-state index in [2.05, 4.69) is 72.8 Å². The summed E-state index contributed by atoms with van der Waals surface area (Å²) in [6, 6.07) is 15.2. The van der Waals surface area contributed by atoms with Gasteiger partial charge < -0.3 is 20.1 Å². The average Bonchev–Trinajstić information content (AvgIpc) is 2.90. The fourth-order valence-corrected chi connectivity index (χ4v) is 5.05. The van der Waals surface area contributed by atoms with Crippen LogP contribution in [0.2, 0.25) is 39.3 Å². The zero-order chi connectivity index (χ0) is 29.2. The van der Waals surface area contributed by atoms with Crippen molar-refractivity contribution in [1.29, 1.82) is 0 Å². The van der Waals surface area contributed by atoms with Crippen molar-refractivity contribution in [3.8, 4) is 34.4 Å². The van der Waals surface area contributed by atoms with E-state index in [-0.39, 0.29) is 37.1 Å². The molecule has 1 aliphatic carbocycles. The zero-order valence-electron chi connectivity index (χ0n) is 24.6. The van der Waals surface area contributed by atoms with Gasteiger partial charge >= 0.3 is 0 Å². The molecule has 2 aromatic rings. The van der Waals surface area contributed by atoms with Crippen LogP contribution in [0.15, 0.2) is 48.5 Å². The Morgan fingerprint density at radius 1 is 0.650 bits per heavy atom. The molecule has 3 rings (SSSR count). The normalized spacial score (nSPS) is 16.9. The lowest BCUT2D eigenvalue weighted by atomic mass is 9.91. The molecule has 212 valence electrons. The van der Waals surface area contributed by atoms with E-state index in [1.165, 1.54) is 0 Å². The van der Waals surface area contributed by atoms with Crippen molar-refractivity contribution in [2.75, 3.05) is 13.2 Å². The summed E-state index contributed by atoms with van der Waals surface area (Å²) in [4.78, 5) is 24.8. The largest absolute Gasteiger partial charge is 0.484 e. The fraction of sp³-hybridized carbons (Fsp3) is 0.438. The van der Waals surface area contributed by atoms with Gasteiger partial charge in [-0.05, 0) is 74.2 Å². The molecule has 2 amide bonds. The monoisotopic (exact) mass is 574 g/mol. The van der Waals surface area contributed by atoms with Gasteiger partial charge in [0, 0.05) is 23.2 Å². The predicted molar refractivity (Wildman–Crippen MR) is 167 cm³/mol. The molecule has 0 radical (unpaired) electrons. The van der Waals surface area contributed by atoms with Crippen molar-refractivity contribution < 1.29 is 19.1 Å². The second kappa shape index (κ2) is 14.2. The molecule has 0 heterocycles. The van der Waals surface area contributed by atoms with Gasteiger partial charge in [-0.15, -0.1) is 11.1 Å². The maximum absolute atomic E-state index is 12.4. The molecular formula is C32H42N2O4Si2. The molecule has 0 saturated heterocycles. The highest BCUT2D eigenvalue weighted by molar-refractivity contribution is 6.84. The number of ether oxygens (including phenoxy) is 2. The Morgan fingerprint density at radius 3 is 1.27 bits per heavy atom. The number of hydrogen-bond donors (Lipinski definition) is 2. The molecule has 8 heteroatoms. The van der Waals surface area contributed by atoms with E-state index in [1.807, 2.05) is 48.5 Å². The third-order valence-corrected chi connectivity index (χ3v) is 7.82. The van der Waals surface area contributed by atoms with Gasteiger partial charge in [0.15, 0.2) is 13.2 Å². The van der Waals surface area contributed by atoms with E-state index in [9.17, 15) is 9.59 Å². The molecule has 2 N–H and O–H groups in total. The minimum atomic E-state index is -1.42. The Labute approximate surface area is 241 Å². The second-order valence-electron chi connectivity index (χ2n) is 12.3. The lowest BCUT2D eigenvalue weighted by molar-refractivity contribution is -0.125. The Kier molecular flexibility index (Phi) is 11.1. The van der Waals surface area contributed by atoms with Crippen LogP contribution in [0.1, 0.15) is 36.8 Å². The summed E-state index contributed by atoms with van der Waals surface area (Å²) in [5.74, 6) is 7.44. The summed E-state index contributed by atoms with van der Waals surface area (Å²) in [6.07, 6.45) is 3.23. The van der Waals surface area contributed by atoms with Crippen molar-refractivity contribution in [1.82, 2.24) is 10.6 Å². The van der Waals surface area contributed by atoms with E-state index in [1.54, 1.807) is 0 Å². The lowest BCUT2D eigenvalue weighted by Gasteiger charge is -2.29. The second-order valence-corrected chi connectivity index (χ2v) is 21.8. The summed E-state index contributed by atoms with van der Waals surface area (Å²) in [5.41, 5.74) is 8.58. The number of benzene rings is 2. The Hall–Kier alpha value is -3.47. The molecule has 0 spiro atoms. The quantitative estimate of drug-likeness (QED) is 0.338. The number of hydrogen-bond acceptors (Lipinski definition) is 4. The van der Waals surface area contributed by atoms with E-state index in [0.717, 1.165) is 36.8 Å². The van der Waals surface area contributed by atoms with Crippen LogP contribution >= 0.6 is 0 Å². The van der Waals surface area contributed by atoms with Crippen molar-refractivity contribution in [2.24, 2.45) is 0 Å². The third-order valence-electron chi connectivity index (χ3n) is 6.07. The molecule has 0 aromatic heterocycles. The fourth-order valence-electron chi connectivity index (χ4n) is 4.01. The Balaban J connectivity index is 1.32. The summed E-state index contributed by atoms with van der Waals surface area (Å²) >= 11 is 0. The zero-order valence-corrected chi connectivity index (χ0v) is 26.6. The van der Waals surface area contributed by atoms with Crippen LogP contribution in [-0.2, 0) is 9.59 Å². The first-order valence-electron chi connectivity index (χ1n) is 14.0. The number of carbonyl (C=O) groups is 2. The van der Waals surface area contributed by atoms with Crippen LogP contribution in [-0.4, -0.2) is 53.3 Å². The van der Waals surface area contributed by atoms with Gasteiger partial charge in [-0.3, -0.25) is 9.59 Å². The first kappa shape index (κ1) is 31.1. The lowest BCUT2D eigenvalue weighted by Crippen LogP contribution is -2.45. The van der Waals surface area contributed by atoms with Crippen LogP contribution in [0, 0.1) is 22.9 Å². The maximum atomic E-state index is 12.4.